The van der Waals surface area contributed by atoms with Crippen LogP contribution in [0.25, 0.3) is 0 Å². The van der Waals surface area contributed by atoms with E-state index in [1.54, 1.807) is 13.0 Å². The summed E-state index contributed by atoms with van der Waals surface area (Å²) in [7, 11) is 0. The van der Waals surface area contributed by atoms with Gasteiger partial charge in [-0.2, -0.15) is 0 Å². The number of hydrogen-bond acceptors (Lipinski definition) is 6. The van der Waals surface area contributed by atoms with Gasteiger partial charge in [0.15, 0.2) is 5.82 Å². The molecule has 0 aromatic carbocycles. The summed E-state index contributed by atoms with van der Waals surface area (Å²) < 4.78 is 4.88. The average molecular weight is 369 g/mol. The Morgan fingerprint density at radius 1 is 1.24 bits per heavy atom. The van der Waals surface area contributed by atoms with E-state index in [2.05, 4.69) is 34.5 Å². The number of aryl methyl sites for hydroxylation is 1. The number of thioether (sulfide) groups is 1. The Morgan fingerprint density at radius 3 is 2.56 bits per heavy atom. The molecule has 140 valence electrons. The Balaban J connectivity index is 1.62. The van der Waals surface area contributed by atoms with Crippen molar-refractivity contribution in [2.45, 2.75) is 45.6 Å². The largest absolute Gasteiger partial charge is 0.360 e. The quantitative estimate of drug-likeness (QED) is 0.730. The summed E-state index contributed by atoms with van der Waals surface area (Å²) in [5, 5.41) is 9.32. The minimum Gasteiger partial charge on any atom is -0.360 e. The molecule has 2 amide bonds. The Hall–Kier alpha value is -1.54. The van der Waals surface area contributed by atoms with Gasteiger partial charge in [0.2, 0.25) is 11.8 Å². The lowest BCUT2D eigenvalue weighted by Gasteiger charge is -2.41. The van der Waals surface area contributed by atoms with Crippen molar-refractivity contribution in [3.05, 3.63) is 11.8 Å². The number of aromatic nitrogens is 1. The highest BCUT2D eigenvalue weighted by Crippen LogP contribution is 2.19. The van der Waals surface area contributed by atoms with E-state index in [1.165, 1.54) is 31.0 Å². The Kier molecular flexibility index (Phi) is 7.31. The third-order valence-electron chi connectivity index (χ3n) is 4.29. The van der Waals surface area contributed by atoms with E-state index in [9.17, 15) is 9.59 Å². The highest BCUT2D eigenvalue weighted by atomic mass is 32.2. The maximum atomic E-state index is 12.0. The van der Waals surface area contributed by atoms with Gasteiger partial charge in [-0.25, -0.2) is 0 Å². The topological polar surface area (TPSA) is 87.5 Å². The molecule has 0 bridgehead atoms. The maximum Gasteiger partial charge on any atom is 0.235 e. The molecular formula is C17H28N4O3S. The molecule has 0 unspecified atom stereocenters. The maximum absolute atomic E-state index is 12.0. The lowest BCUT2D eigenvalue weighted by atomic mass is 9.98. The number of nitrogens with one attached hydrogen (secondary N) is 2. The molecule has 0 aliphatic carbocycles. The fourth-order valence-corrected chi connectivity index (χ4v) is 3.46. The first-order chi connectivity index (χ1) is 11.9. The van der Waals surface area contributed by atoms with Crippen molar-refractivity contribution in [1.82, 2.24) is 15.4 Å². The second-order valence-corrected chi connectivity index (χ2v) is 7.99. The molecule has 2 rings (SSSR count). The summed E-state index contributed by atoms with van der Waals surface area (Å²) >= 11 is 1.29. The number of hydrogen-bond donors (Lipinski definition) is 2. The van der Waals surface area contributed by atoms with Crippen LogP contribution in [0.5, 0.6) is 0 Å². The fourth-order valence-electron chi connectivity index (χ4n) is 2.82. The number of piperidine rings is 1. The van der Waals surface area contributed by atoms with Crippen LogP contribution >= 0.6 is 11.8 Å². The average Bonchev–Trinajstić information content (AvgIpc) is 2.98. The summed E-state index contributed by atoms with van der Waals surface area (Å²) in [6.07, 6.45) is 3.76. The molecule has 1 saturated heterocycles. The number of amides is 2. The molecule has 7 nitrogen and oxygen atoms in total. The van der Waals surface area contributed by atoms with E-state index < -0.39 is 0 Å². The Morgan fingerprint density at radius 2 is 1.92 bits per heavy atom. The normalized spacial score (nSPS) is 15.8. The molecule has 8 heteroatoms. The molecule has 0 atom stereocenters. The summed E-state index contributed by atoms with van der Waals surface area (Å²) in [4.78, 5) is 26.2. The van der Waals surface area contributed by atoms with Crippen molar-refractivity contribution in [1.29, 1.82) is 0 Å². The van der Waals surface area contributed by atoms with Crippen molar-refractivity contribution in [3.63, 3.8) is 0 Å². The molecule has 1 fully saturated rings. The lowest BCUT2D eigenvalue weighted by Crippen LogP contribution is -2.53. The van der Waals surface area contributed by atoms with Crippen LogP contribution in [0.4, 0.5) is 5.82 Å². The molecule has 1 aliphatic heterocycles. The van der Waals surface area contributed by atoms with Crippen LogP contribution < -0.4 is 10.6 Å². The molecule has 2 N–H and O–H groups in total. The van der Waals surface area contributed by atoms with Gasteiger partial charge in [-0.1, -0.05) is 11.6 Å². The monoisotopic (exact) mass is 368 g/mol. The van der Waals surface area contributed by atoms with Crippen LogP contribution in [-0.4, -0.2) is 58.5 Å². The molecule has 1 aliphatic rings. The summed E-state index contributed by atoms with van der Waals surface area (Å²) in [5.41, 5.74) is -0.0388. The lowest BCUT2D eigenvalue weighted by molar-refractivity contribution is -0.119. The van der Waals surface area contributed by atoms with E-state index in [-0.39, 0.29) is 28.9 Å². The molecule has 0 saturated carbocycles. The van der Waals surface area contributed by atoms with Gasteiger partial charge >= 0.3 is 0 Å². The third-order valence-corrected chi connectivity index (χ3v) is 5.22. The van der Waals surface area contributed by atoms with Crippen LogP contribution in [0.1, 0.15) is 38.9 Å². The van der Waals surface area contributed by atoms with Gasteiger partial charge in [0.25, 0.3) is 0 Å². The predicted molar refractivity (Wildman–Crippen MR) is 99.7 cm³/mol. The van der Waals surface area contributed by atoms with Crippen molar-refractivity contribution in [2.75, 3.05) is 36.5 Å². The van der Waals surface area contributed by atoms with Crippen LogP contribution in [-0.2, 0) is 9.59 Å². The van der Waals surface area contributed by atoms with E-state index in [0.29, 0.717) is 18.1 Å². The van der Waals surface area contributed by atoms with Crippen molar-refractivity contribution < 1.29 is 14.1 Å². The van der Waals surface area contributed by atoms with Crippen LogP contribution in [0.2, 0.25) is 0 Å². The van der Waals surface area contributed by atoms with Gasteiger partial charge in [-0.05, 0) is 46.7 Å². The predicted octanol–water partition coefficient (Wildman–Crippen LogP) is 2.04. The SMILES string of the molecule is Cc1cc(NC(=O)CSCC(=O)NCC(C)(C)N2CCCCC2)no1. The standard InChI is InChI=1S/C17H28N4O3S/c1-13-9-14(20-24-13)19-16(23)11-25-10-15(22)18-12-17(2,3)21-7-5-4-6-8-21/h9H,4-8,10-12H2,1-3H3,(H,18,22)(H,19,20,23). The van der Waals surface area contributed by atoms with Crippen LogP contribution in [0, 0.1) is 6.92 Å². The first-order valence-corrected chi connectivity index (χ1v) is 9.85. The molecule has 0 spiro atoms. The molecule has 1 aromatic rings. The third kappa shape index (κ3) is 6.70. The number of anilines is 1. The number of carbonyl (C=O) groups excluding carboxylic acids is 2. The van der Waals surface area contributed by atoms with Crippen molar-refractivity contribution >= 4 is 29.4 Å². The number of likely N-dealkylation sites (tertiary alicyclic amines) is 1. The van der Waals surface area contributed by atoms with E-state index in [0.717, 1.165) is 13.1 Å². The molecule has 25 heavy (non-hydrogen) atoms. The Bertz CT molecular complexity index is 582. The van der Waals surface area contributed by atoms with Crippen LogP contribution in [0.3, 0.4) is 0 Å². The van der Waals surface area contributed by atoms with Gasteiger partial charge in [0, 0.05) is 18.2 Å². The second kappa shape index (κ2) is 9.24. The van der Waals surface area contributed by atoms with Gasteiger partial charge in [-0.15, -0.1) is 11.8 Å². The highest BCUT2D eigenvalue weighted by molar-refractivity contribution is 8.00. The molecular weight excluding hydrogens is 340 g/mol. The van der Waals surface area contributed by atoms with E-state index in [4.69, 9.17) is 4.52 Å². The number of rotatable bonds is 8. The first kappa shape index (κ1) is 19.8. The van der Waals surface area contributed by atoms with Gasteiger partial charge in [0.05, 0.1) is 11.5 Å². The molecule has 0 radical (unpaired) electrons. The van der Waals surface area contributed by atoms with Gasteiger partial charge in [0.1, 0.15) is 5.76 Å². The summed E-state index contributed by atoms with van der Waals surface area (Å²) in [5.74, 6) is 1.27. The van der Waals surface area contributed by atoms with Gasteiger partial charge < -0.3 is 15.2 Å². The Labute approximate surface area is 153 Å². The van der Waals surface area contributed by atoms with Gasteiger partial charge in [-0.3, -0.25) is 14.5 Å². The zero-order valence-electron chi connectivity index (χ0n) is 15.3. The summed E-state index contributed by atoms with van der Waals surface area (Å²) in [6.45, 7) is 8.90. The minimum atomic E-state index is -0.195. The smallest absolute Gasteiger partial charge is 0.235 e. The minimum absolute atomic E-state index is 0.0388. The zero-order chi connectivity index (χ0) is 18.3. The van der Waals surface area contributed by atoms with Crippen molar-refractivity contribution in [2.24, 2.45) is 0 Å². The van der Waals surface area contributed by atoms with E-state index in [1.807, 2.05) is 0 Å². The number of carbonyl (C=O) groups is 2. The van der Waals surface area contributed by atoms with E-state index >= 15 is 0 Å². The fraction of sp³-hybridized carbons (Fsp3) is 0.706. The van der Waals surface area contributed by atoms with Crippen LogP contribution in [0.15, 0.2) is 10.6 Å². The zero-order valence-corrected chi connectivity index (χ0v) is 16.1. The first-order valence-electron chi connectivity index (χ1n) is 8.69. The van der Waals surface area contributed by atoms with Crippen molar-refractivity contribution in [3.8, 4) is 0 Å². The highest BCUT2D eigenvalue weighted by Gasteiger charge is 2.28. The molecule has 1 aromatic heterocycles. The summed E-state index contributed by atoms with van der Waals surface area (Å²) in [6, 6.07) is 1.65. The second-order valence-electron chi connectivity index (χ2n) is 7.00. The number of nitrogens with zero attached hydrogens (tertiary/aromatic N) is 2. The molecule has 2 heterocycles.